The molecule has 0 saturated carbocycles. The highest BCUT2D eigenvalue weighted by molar-refractivity contribution is 7.90. The van der Waals surface area contributed by atoms with E-state index in [0.717, 1.165) is 12.8 Å². The monoisotopic (exact) mass is 286 g/mol. The van der Waals surface area contributed by atoms with Gasteiger partial charge >= 0.3 is 0 Å². The first-order valence-corrected chi connectivity index (χ1v) is 7.90. The summed E-state index contributed by atoms with van der Waals surface area (Å²) in [6, 6.07) is 3.22. The Balaban J connectivity index is 2.66. The molecule has 1 N–H and O–H groups in total. The first-order valence-electron chi connectivity index (χ1n) is 5.84. The average molecular weight is 286 g/mol. The molecule has 0 radical (unpaired) electrons. The van der Waals surface area contributed by atoms with Gasteiger partial charge in [-0.15, -0.1) is 10.2 Å². The third kappa shape index (κ3) is 5.21. The van der Waals surface area contributed by atoms with Crippen LogP contribution in [0.3, 0.4) is 0 Å². The number of carbonyl (C=O) groups excluding carboxylic acids is 1. The van der Waals surface area contributed by atoms with Gasteiger partial charge in [0, 0.05) is 26.4 Å². The average Bonchev–Trinajstić information content (AvgIpc) is 2.35. The minimum atomic E-state index is -3.09. The number of nitrogens with one attached hydrogen (secondary N) is 1. The van der Waals surface area contributed by atoms with Gasteiger partial charge in [0.25, 0.3) is 5.91 Å². The molecule has 0 fully saturated rings. The van der Waals surface area contributed by atoms with Crippen molar-refractivity contribution in [2.24, 2.45) is 0 Å². The molecular formula is C11H18N4O3S. The molecule has 0 aromatic carbocycles. The second kappa shape index (κ2) is 6.46. The molecule has 7 nitrogen and oxygen atoms in total. The maximum Gasteiger partial charge on any atom is 0.274 e. The predicted molar refractivity (Wildman–Crippen MR) is 72.9 cm³/mol. The molecule has 8 heteroatoms. The van der Waals surface area contributed by atoms with Crippen LogP contribution in [0.25, 0.3) is 0 Å². The Kier molecular flexibility index (Phi) is 5.22. The van der Waals surface area contributed by atoms with Crippen LogP contribution in [0.2, 0.25) is 0 Å². The molecule has 1 aromatic heterocycles. The molecule has 0 atom stereocenters. The van der Waals surface area contributed by atoms with E-state index in [1.807, 2.05) is 6.92 Å². The van der Waals surface area contributed by atoms with Gasteiger partial charge in [-0.25, -0.2) is 8.42 Å². The maximum atomic E-state index is 11.9. The molecule has 1 heterocycles. The van der Waals surface area contributed by atoms with Crippen LogP contribution in [-0.4, -0.2) is 61.6 Å². The Morgan fingerprint density at radius 2 is 2.05 bits per heavy atom. The van der Waals surface area contributed by atoms with Crippen molar-refractivity contribution in [3.63, 3.8) is 0 Å². The van der Waals surface area contributed by atoms with Gasteiger partial charge in [-0.1, -0.05) is 0 Å². The van der Waals surface area contributed by atoms with E-state index in [1.165, 1.54) is 11.9 Å². The molecule has 1 rings (SSSR count). The topological polar surface area (TPSA) is 92.3 Å². The number of amides is 1. The van der Waals surface area contributed by atoms with Gasteiger partial charge in [-0.05, 0) is 19.1 Å². The van der Waals surface area contributed by atoms with Crippen molar-refractivity contribution in [1.29, 1.82) is 0 Å². The zero-order chi connectivity index (χ0) is 14.5. The summed E-state index contributed by atoms with van der Waals surface area (Å²) in [4.78, 5) is 13.3. The Hall–Kier alpha value is -1.70. The normalized spacial score (nSPS) is 11.1. The summed E-state index contributed by atoms with van der Waals surface area (Å²) in [5, 5.41) is 10.6. The number of carbonyl (C=O) groups is 1. The zero-order valence-electron chi connectivity index (χ0n) is 11.3. The molecule has 1 aromatic rings. The van der Waals surface area contributed by atoms with E-state index in [-0.39, 0.29) is 23.9 Å². The number of hydrogen-bond donors (Lipinski definition) is 1. The van der Waals surface area contributed by atoms with Crippen LogP contribution in [0, 0.1) is 0 Å². The number of anilines is 1. The Morgan fingerprint density at radius 1 is 1.37 bits per heavy atom. The maximum absolute atomic E-state index is 11.9. The van der Waals surface area contributed by atoms with Crippen molar-refractivity contribution in [1.82, 2.24) is 15.1 Å². The van der Waals surface area contributed by atoms with Gasteiger partial charge < -0.3 is 10.2 Å². The van der Waals surface area contributed by atoms with Crippen LogP contribution in [0.5, 0.6) is 0 Å². The number of rotatable bonds is 6. The molecule has 0 spiro atoms. The Bertz CT molecular complexity index is 527. The van der Waals surface area contributed by atoms with Gasteiger partial charge in [0.1, 0.15) is 15.7 Å². The van der Waals surface area contributed by atoms with Crippen molar-refractivity contribution < 1.29 is 13.2 Å². The quantitative estimate of drug-likeness (QED) is 0.793. The SMILES string of the molecule is CCNc1ccc(C(=O)N(C)CCS(C)(=O)=O)nn1. The first-order chi connectivity index (χ1) is 8.83. The van der Waals surface area contributed by atoms with Crippen LogP contribution in [0.1, 0.15) is 17.4 Å². The van der Waals surface area contributed by atoms with Crippen LogP contribution in [-0.2, 0) is 9.84 Å². The van der Waals surface area contributed by atoms with E-state index in [0.29, 0.717) is 5.82 Å². The molecule has 19 heavy (non-hydrogen) atoms. The fraction of sp³-hybridized carbons (Fsp3) is 0.545. The fourth-order valence-corrected chi connectivity index (χ4v) is 1.93. The summed E-state index contributed by atoms with van der Waals surface area (Å²) in [5.41, 5.74) is 0.192. The molecule has 0 bridgehead atoms. The molecule has 0 aliphatic rings. The second-order valence-corrected chi connectivity index (χ2v) is 6.45. The predicted octanol–water partition coefficient (Wildman–Crippen LogP) is 0.0250. The minimum Gasteiger partial charge on any atom is -0.369 e. The lowest BCUT2D eigenvalue weighted by atomic mass is 10.3. The largest absolute Gasteiger partial charge is 0.369 e. The third-order valence-electron chi connectivity index (χ3n) is 2.39. The highest BCUT2D eigenvalue weighted by Crippen LogP contribution is 2.04. The molecule has 106 valence electrons. The van der Waals surface area contributed by atoms with Gasteiger partial charge in [0.15, 0.2) is 5.69 Å². The van der Waals surface area contributed by atoms with Crippen molar-refractivity contribution in [2.45, 2.75) is 6.92 Å². The summed E-state index contributed by atoms with van der Waals surface area (Å²) in [6.45, 7) is 2.78. The van der Waals surface area contributed by atoms with E-state index in [1.54, 1.807) is 12.1 Å². The van der Waals surface area contributed by atoms with E-state index >= 15 is 0 Å². The number of hydrogen-bond acceptors (Lipinski definition) is 6. The van der Waals surface area contributed by atoms with Gasteiger partial charge in [0.2, 0.25) is 0 Å². The minimum absolute atomic E-state index is 0.0713. The third-order valence-corrected chi connectivity index (χ3v) is 3.31. The summed E-state index contributed by atoms with van der Waals surface area (Å²) >= 11 is 0. The lowest BCUT2D eigenvalue weighted by Crippen LogP contribution is -2.32. The molecular weight excluding hydrogens is 268 g/mol. The van der Waals surface area contributed by atoms with Gasteiger partial charge in [-0.3, -0.25) is 4.79 Å². The summed E-state index contributed by atoms with van der Waals surface area (Å²) < 4.78 is 22.1. The first kappa shape index (κ1) is 15.4. The van der Waals surface area contributed by atoms with Crippen molar-refractivity contribution in [3.8, 4) is 0 Å². The summed E-state index contributed by atoms with van der Waals surface area (Å²) in [5.74, 6) is 0.176. The fourth-order valence-electron chi connectivity index (χ4n) is 1.32. The van der Waals surface area contributed by atoms with Gasteiger partial charge in [-0.2, -0.15) is 0 Å². The van der Waals surface area contributed by atoms with Crippen LogP contribution >= 0.6 is 0 Å². The molecule has 0 unspecified atom stereocenters. The van der Waals surface area contributed by atoms with E-state index in [2.05, 4.69) is 15.5 Å². The highest BCUT2D eigenvalue weighted by atomic mass is 32.2. The lowest BCUT2D eigenvalue weighted by molar-refractivity contribution is 0.0796. The summed E-state index contributed by atoms with van der Waals surface area (Å²) in [7, 11) is -1.55. The Labute approximate surface area is 112 Å². The zero-order valence-corrected chi connectivity index (χ0v) is 12.1. The van der Waals surface area contributed by atoms with Crippen LogP contribution < -0.4 is 5.32 Å². The van der Waals surface area contributed by atoms with E-state index in [4.69, 9.17) is 0 Å². The van der Waals surface area contributed by atoms with Crippen LogP contribution in [0.4, 0.5) is 5.82 Å². The second-order valence-electron chi connectivity index (χ2n) is 4.19. The van der Waals surface area contributed by atoms with Crippen molar-refractivity contribution in [2.75, 3.05) is 37.5 Å². The molecule has 0 aliphatic heterocycles. The number of nitrogens with zero attached hydrogens (tertiary/aromatic N) is 3. The van der Waals surface area contributed by atoms with Crippen LogP contribution in [0.15, 0.2) is 12.1 Å². The smallest absolute Gasteiger partial charge is 0.274 e. The Morgan fingerprint density at radius 3 is 2.53 bits per heavy atom. The van der Waals surface area contributed by atoms with Gasteiger partial charge in [0.05, 0.1) is 5.75 Å². The number of sulfone groups is 1. The molecule has 0 saturated heterocycles. The van der Waals surface area contributed by atoms with E-state index in [9.17, 15) is 13.2 Å². The van der Waals surface area contributed by atoms with Crippen molar-refractivity contribution in [3.05, 3.63) is 17.8 Å². The lowest BCUT2D eigenvalue weighted by Gasteiger charge is -2.15. The molecule has 1 amide bonds. The summed E-state index contributed by atoms with van der Waals surface area (Å²) in [6.07, 6.45) is 1.14. The van der Waals surface area contributed by atoms with Crippen molar-refractivity contribution >= 4 is 21.6 Å². The number of aromatic nitrogens is 2. The standard InChI is InChI=1S/C11H18N4O3S/c1-4-12-10-6-5-9(13-14-10)11(16)15(2)7-8-19(3,17)18/h5-6H,4,7-8H2,1-3H3,(H,12,14). The highest BCUT2D eigenvalue weighted by Gasteiger charge is 2.15. The molecule has 0 aliphatic carbocycles. The van der Waals surface area contributed by atoms with E-state index < -0.39 is 9.84 Å².